The normalized spacial score (nSPS) is 18.4. The summed E-state index contributed by atoms with van der Waals surface area (Å²) in [4.78, 5) is 12.1. The van der Waals surface area contributed by atoms with E-state index in [0.717, 1.165) is 77.2 Å². The van der Waals surface area contributed by atoms with Crippen molar-refractivity contribution in [3.05, 3.63) is 53.7 Å². The van der Waals surface area contributed by atoms with Crippen molar-refractivity contribution in [3.63, 3.8) is 0 Å². The number of hydrogen-bond donors (Lipinski definition) is 1. The molecule has 8 heteroatoms. The predicted octanol–water partition coefficient (Wildman–Crippen LogP) is 3.09. The predicted molar refractivity (Wildman–Crippen MR) is 118 cm³/mol. The molecule has 8 nitrogen and oxygen atoms in total. The van der Waals surface area contributed by atoms with Crippen molar-refractivity contribution >= 4 is 17.0 Å². The quantitative estimate of drug-likeness (QED) is 0.550. The average molecular weight is 416 g/mol. The lowest BCUT2D eigenvalue weighted by molar-refractivity contribution is 0.257. The number of rotatable bonds is 3. The van der Waals surface area contributed by atoms with E-state index in [4.69, 9.17) is 14.2 Å². The number of imidazole rings is 1. The number of hydrogen-bond acceptors (Lipinski definition) is 7. The van der Waals surface area contributed by atoms with E-state index in [0.29, 0.717) is 6.61 Å². The second-order valence-corrected chi connectivity index (χ2v) is 8.11. The third-order valence-electron chi connectivity index (χ3n) is 6.22. The van der Waals surface area contributed by atoms with Gasteiger partial charge < -0.3 is 19.5 Å². The highest BCUT2D eigenvalue weighted by Gasteiger charge is 2.33. The van der Waals surface area contributed by atoms with Crippen LogP contribution in [0.15, 0.2) is 41.1 Å². The number of aryl methyl sites for hydroxylation is 2. The van der Waals surface area contributed by atoms with Gasteiger partial charge in [-0.25, -0.2) is 4.98 Å². The largest absolute Gasteiger partial charge is 0.488 e. The van der Waals surface area contributed by atoms with E-state index in [-0.39, 0.29) is 6.04 Å². The molecular formula is C23H24N6O2. The van der Waals surface area contributed by atoms with Crippen molar-refractivity contribution in [2.24, 2.45) is 0 Å². The van der Waals surface area contributed by atoms with Gasteiger partial charge >= 0.3 is 0 Å². The van der Waals surface area contributed by atoms with Crippen molar-refractivity contribution in [3.8, 4) is 16.9 Å². The molecule has 0 saturated carbocycles. The van der Waals surface area contributed by atoms with Crippen LogP contribution in [-0.4, -0.2) is 52.5 Å². The first-order chi connectivity index (χ1) is 15.2. The van der Waals surface area contributed by atoms with Gasteiger partial charge in [0.15, 0.2) is 5.75 Å². The highest BCUT2D eigenvalue weighted by Crippen LogP contribution is 2.45. The Hall–Kier alpha value is -3.39. The standard InChI is InChI=1S/C23H24N6O2/c1-14-20(15(2)31-27-14)16-6-7-18-21-22(16)30-13-19(17-5-3-4-8-25-17)29(21)23(26-18)28-11-9-24-10-12-28/h3-8,19,24H,9-13H2,1-2H3. The summed E-state index contributed by atoms with van der Waals surface area (Å²) >= 11 is 0. The highest BCUT2D eigenvalue weighted by molar-refractivity contribution is 5.94. The third kappa shape index (κ3) is 2.82. The van der Waals surface area contributed by atoms with Crippen LogP contribution in [0.3, 0.4) is 0 Å². The lowest BCUT2D eigenvalue weighted by atomic mass is 10.0. The van der Waals surface area contributed by atoms with Crippen LogP contribution in [-0.2, 0) is 0 Å². The van der Waals surface area contributed by atoms with Gasteiger partial charge in [-0.2, -0.15) is 0 Å². The van der Waals surface area contributed by atoms with Crippen LogP contribution in [0.4, 0.5) is 5.95 Å². The Bertz CT molecular complexity index is 1240. The second-order valence-electron chi connectivity index (χ2n) is 8.11. The number of benzene rings is 1. The van der Waals surface area contributed by atoms with Crippen LogP contribution in [0.5, 0.6) is 5.75 Å². The molecule has 1 unspecified atom stereocenters. The fourth-order valence-electron chi connectivity index (χ4n) is 4.77. The Morgan fingerprint density at radius 3 is 2.71 bits per heavy atom. The molecule has 1 saturated heterocycles. The summed E-state index contributed by atoms with van der Waals surface area (Å²) in [5.74, 6) is 2.61. The third-order valence-corrected chi connectivity index (χ3v) is 6.22. The van der Waals surface area contributed by atoms with Crippen molar-refractivity contribution < 1.29 is 9.26 Å². The van der Waals surface area contributed by atoms with Gasteiger partial charge in [0.2, 0.25) is 5.95 Å². The van der Waals surface area contributed by atoms with Crippen LogP contribution in [0, 0.1) is 13.8 Å². The Balaban J connectivity index is 1.62. The van der Waals surface area contributed by atoms with Crippen LogP contribution in [0.1, 0.15) is 23.2 Å². The summed E-state index contributed by atoms with van der Waals surface area (Å²) < 4.78 is 14.2. The summed E-state index contributed by atoms with van der Waals surface area (Å²) in [5.41, 5.74) is 5.76. The molecule has 0 amide bonds. The molecule has 1 N–H and O–H groups in total. The fourth-order valence-corrected chi connectivity index (χ4v) is 4.77. The minimum absolute atomic E-state index is 0.0384. The van der Waals surface area contributed by atoms with Crippen molar-refractivity contribution in [2.45, 2.75) is 19.9 Å². The molecule has 0 bridgehead atoms. The number of aromatic nitrogens is 4. The molecular weight excluding hydrogens is 392 g/mol. The maximum atomic E-state index is 6.43. The SMILES string of the molecule is Cc1noc(C)c1-c1ccc2nc(N3CCNCC3)n3c2c1OCC3c1ccccn1. The molecule has 3 aromatic heterocycles. The Kier molecular flexibility index (Phi) is 4.21. The molecule has 158 valence electrons. The lowest BCUT2D eigenvalue weighted by Gasteiger charge is -2.33. The van der Waals surface area contributed by atoms with E-state index in [2.05, 4.69) is 43.1 Å². The first kappa shape index (κ1) is 18.4. The topological polar surface area (TPSA) is 81.2 Å². The molecule has 0 radical (unpaired) electrons. The zero-order valence-corrected chi connectivity index (χ0v) is 17.6. The van der Waals surface area contributed by atoms with Crippen LogP contribution in [0.25, 0.3) is 22.2 Å². The number of nitrogens with zero attached hydrogens (tertiary/aromatic N) is 5. The van der Waals surface area contributed by atoms with Gasteiger partial charge in [0.1, 0.15) is 23.9 Å². The molecule has 0 spiro atoms. The van der Waals surface area contributed by atoms with Crippen LogP contribution in [0.2, 0.25) is 0 Å². The first-order valence-electron chi connectivity index (χ1n) is 10.7. The highest BCUT2D eigenvalue weighted by atomic mass is 16.5. The maximum Gasteiger partial charge on any atom is 0.207 e. The summed E-state index contributed by atoms with van der Waals surface area (Å²) in [5, 5.41) is 7.58. The van der Waals surface area contributed by atoms with E-state index in [1.54, 1.807) is 0 Å². The molecule has 1 aromatic carbocycles. The van der Waals surface area contributed by atoms with Gasteiger partial charge in [-0.3, -0.25) is 9.55 Å². The molecule has 5 heterocycles. The maximum absolute atomic E-state index is 6.43. The molecule has 1 fully saturated rings. The number of ether oxygens (including phenoxy) is 1. The minimum atomic E-state index is -0.0384. The Morgan fingerprint density at radius 2 is 1.97 bits per heavy atom. The smallest absolute Gasteiger partial charge is 0.207 e. The van der Waals surface area contributed by atoms with Gasteiger partial charge in [0, 0.05) is 37.9 Å². The number of nitrogens with one attached hydrogen (secondary N) is 1. The molecule has 6 rings (SSSR count). The fraction of sp³-hybridized carbons (Fsp3) is 0.348. The monoisotopic (exact) mass is 416 g/mol. The molecule has 31 heavy (non-hydrogen) atoms. The average Bonchev–Trinajstić information content (AvgIpc) is 3.37. The van der Waals surface area contributed by atoms with Gasteiger partial charge in [-0.05, 0) is 38.1 Å². The van der Waals surface area contributed by atoms with Crippen LogP contribution >= 0.6 is 0 Å². The van der Waals surface area contributed by atoms with E-state index in [1.165, 1.54) is 0 Å². The zero-order chi connectivity index (χ0) is 20.9. The van der Waals surface area contributed by atoms with E-state index in [1.807, 2.05) is 32.2 Å². The summed E-state index contributed by atoms with van der Waals surface area (Å²) in [6.45, 7) is 8.14. The number of pyridine rings is 1. The molecule has 1 atom stereocenters. The van der Waals surface area contributed by atoms with E-state index in [9.17, 15) is 0 Å². The molecule has 2 aliphatic heterocycles. The minimum Gasteiger partial charge on any atom is -0.488 e. The first-order valence-corrected chi connectivity index (χ1v) is 10.7. The van der Waals surface area contributed by atoms with Gasteiger partial charge in [-0.15, -0.1) is 0 Å². The molecule has 0 aliphatic carbocycles. The van der Waals surface area contributed by atoms with E-state index < -0.39 is 0 Å². The van der Waals surface area contributed by atoms with Crippen molar-refractivity contribution in [1.82, 2.24) is 25.0 Å². The number of piperazine rings is 1. The zero-order valence-electron chi connectivity index (χ0n) is 17.6. The van der Waals surface area contributed by atoms with Crippen molar-refractivity contribution in [1.29, 1.82) is 0 Å². The molecule has 2 aliphatic rings. The summed E-state index contributed by atoms with van der Waals surface area (Å²) in [7, 11) is 0. The summed E-state index contributed by atoms with van der Waals surface area (Å²) in [6.07, 6.45) is 1.84. The van der Waals surface area contributed by atoms with Gasteiger partial charge in [0.25, 0.3) is 0 Å². The van der Waals surface area contributed by atoms with Crippen LogP contribution < -0.4 is 15.0 Å². The number of anilines is 1. The van der Waals surface area contributed by atoms with Gasteiger partial charge in [-0.1, -0.05) is 11.2 Å². The van der Waals surface area contributed by atoms with E-state index >= 15 is 0 Å². The van der Waals surface area contributed by atoms with Crippen molar-refractivity contribution in [2.75, 3.05) is 37.7 Å². The summed E-state index contributed by atoms with van der Waals surface area (Å²) in [6, 6.07) is 10.1. The Labute approximate surface area is 179 Å². The van der Waals surface area contributed by atoms with Gasteiger partial charge in [0.05, 0.1) is 22.5 Å². The second kappa shape index (κ2) is 7.09. The lowest BCUT2D eigenvalue weighted by Crippen LogP contribution is -2.45. The Morgan fingerprint density at radius 1 is 1.10 bits per heavy atom. The molecule has 4 aromatic rings.